The van der Waals surface area contributed by atoms with Gasteiger partial charge in [0.25, 0.3) is 0 Å². The summed E-state index contributed by atoms with van der Waals surface area (Å²) >= 11 is 0. The van der Waals surface area contributed by atoms with Gasteiger partial charge in [0.15, 0.2) is 11.6 Å². The number of hydrogen-bond donors (Lipinski definition) is 0. The SMILES string of the molecule is Fc1cccc2c1OC(C1CCCCC1)CC2. The molecule has 0 aromatic heterocycles. The monoisotopic (exact) mass is 234 g/mol. The number of fused-ring (bicyclic) bond motifs is 1. The number of aryl methyl sites for hydroxylation is 1. The molecule has 1 fully saturated rings. The minimum Gasteiger partial charge on any atom is -0.487 e. The van der Waals surface area contributed by atoms with Crippen molar-refractivity contribution in [2.75, 3.05) is 0 Å². The van der Waals surface area contributed by atoms with Crippen LogP contribution in [0, 0.1) is 11.7 Å². The molecule has 0 bridgehead atoms. The van der Waals surface area contributed by atoms with E-state index in [1.807, 2.05) is 6.07 Å². The van der Waals surface area contributed by atoms with Gasteiger partial charge in [-0.05, 0) is 43.2 Å². The maximum atomic E-state index is 13.7. The summed E-state index contributed by atoms with van der Waals surface area (Å²) in [7, 11) is 0. The molecule has 1 atom stereocenters. The van der Waals surface area contributed by atoms with E-state index in [1.54, 1.807) is 6.07 Å². The van der Waals surface area contributed by atoms with E-state index >= 15 is 0 Å². The third-order valence-electron chi connectivity index (χ3n) is 4.19. The molecule has 0 spiro atoms. The fourth-order valence-corrected chi connectivity index (χ4v) is 3.23. The second kappa shape index (κ2) is 4.67. The molecule has 1 saturated carbocycles. The number of benzene rings is 1. The van der Waals surface area contributed by atoms with Crippen molar-refractivity contribution >= 4 is 0 Å². The molecule has 17 heavy (non-hydrogen) atoms. The second-order valence-corrected chi connectivity index (χ2v) is 5.32. The van der Waals surface area contributed by atoms with E-state index in [-0.39, 0.29) is 11.9 Å². The van der Waals surface area contributed by atoms with Crippen LogP contribution in [-0.2, 0) is 6.42 Å². The number of hydrogen-bond acceptors (Lipinski definition) is 1. The minimum absolute atomic E-state index is 0.192. The molecule has 1 heterocycles. The van der Waals surface area contributed by atoms with Crippen molar-refractivity contribution in [3.63, 3.8) is 0 Å². The van der Waals surface area contributed by atoms with Crippen molar-refractivity contribution in [1.82, 2.24) is 0 Å². The Hall–Kier alpha value is -1.05. The highest BCUT2D eigenvalue weighted by Crippen LogP contribution is 2.36. The molecular weight excluding hydrogens is 215 g/mol. The minimum atomic E-state index is -0.192. The maximum Gasteiger partial charge on any atom is 0.165 e. The van der Waals surface area contributed by atoms with E-state index in [4.69, 9.17) is 4.74 Å². The van der Waals surface area contributed by atoms with Crippen LogP contribution in [0.4, 0.5) is 4.39 Å². The Bertz CT molecular complexity index is 396. The van der Waals surface area contributed by atoms with Gasteiger partial charge in [0.2, 0.25) is 0 Å². The fourth-order valence-electron chi connectivity index (χ4n) is 3.23. The van der Waals surface area contributed by atoms with Gasteiger partial charge in [-0.2, -0.15) is 0 Å². The van der Waals surface area contributed by atoms with Gasteiger partial charge in [-0.15, -0.1) is 0 Å². The van der Waals surface area contributed by atoms with Crippen LogP contribution in [0.2, 0.25) is 0 Å². The molecule has 0 N–H and O–H groups in total. The molecule has 3 rings (SSSR count). The Morgan fingerprint density at radius 1 is 1.06 bits per heavy atom. The van der Waals surface area contributed by atoms with Crippen molar-refractivity contribution in [3.8, 4) is 5.75 Å². The van der Waals surface area contributed by atoms with E-state index in [9.17, 15) is 4.39 Å². The highest BCUT2D eigenvalue weighted by Gasteiger charge is 2.29. The number of rotatable bonds is 1. The molecule has 0 radical (unpaired) electrons. The van der Waals surface area contributed by atoms with E-state index < -0.39 is 0 Å². The topological polar surface area (TPSA) is 9.23 Å². The van der Waals surface area contributed by atoms with Crippen LogP contribution in [0.1, 0.15) is 44.1 Å². The standard InChI is InChI=1S/C15H19FO/c16-13-8-4-7-12-9-10-14(17-15(12)13)11-5-2-1-3-6-11/h4,7-8,11,14H,1-3,5-6,9-10H2. The summed E-state index contributed by atoms with van der Waals surface area (Å²) in [6, 6.07) is 5.26. The predicted octanol–water partition coefficient (Wildman–Crippen LogP) is 4.10. The van der Waals surface area contributed by atoms with Gasteiger partial charge in [0, 0.05) is 0 Å². The second-order valence-electron chi connectivity index (χ2n) is 5.32. The van der Waals surface area contributed by atoms with Crippen LogP contribution >= 0.6 is 0 Å². The Balaban J connectivity index is 1.77. The highest BCUT2D eigenvalue weighted by molar-refractivity contribution is 5.36. The lowest BCUT2D eigenvalue weighted by atomic mass is 9.82. The fraction of sp³-hybridized carbons (Fsp3) is 0.600. The smallest absolute Gasteiger partial charge is 0.165 e. The van der Waals surface area contributed by atoms with E-state index in [0.717, 1.165) is 18.4 Å². The number of halogens is 1. The van der Waals surface area contributed by atoms with Crippen LogP contribution in [-0.4, -0.2) is 6.10 Å². The van der Waals surface area contributed by atoms with Crippen molar-refractivity contribution in [2.45, 2.75) is 51.0 Å². The molecule has 1 aromatic carbocycles. The first-order valence-corrected chi connectivity index (χ1v) is 6.78. The predicted molar refractivity (Wildman–Crippen MR) is 65.7 cm³/mol. The summed E-state index contributed by atoms with van der Waals surface area (Å²) in [4.78, 5) is 0. The first-order valence-electron chi connectivity index (χ1n) is 6.78. The molecule has 1 unspecified atom stereocenters. The normalized spacial score (nSPS) is 25.1. The maximum absolute atomic E-state index is 13.7. The van der Waals surface area contributed by atoms with Gasteiger partial charge in [0.05, 0.1) is 0 Å². The molecular formula is C15H19FO. The molecule has 1 nitrogen and oxygen atoms in total. The molecule has 2 heteroatoms. The lowest BCUT2D eigenvalue weighted by Gasteiger charge is -2.34. The molecule has 92 valence electrons. The molecule has 1 aliphatic heterocycles. The first kappa shape index (κ1) is 11.1. The average Bonchev–Trinajstić information content (AvgIpc) is 2.40. The summed E-state index contributed by atoms with van der Waals surface area (Å²) in [5.41, 5.74) is 1.04. The Labute approximate surface area is 102 Å². The van der Waals surface area contributed by atoms with Crippen LogP contribution in [0.25, 0.3) is 0 Å². The van der Waals surface area contributed by atoms with Gasteiger partial charge in [-0.3, -0.25) is 0 Å². The van der Waals surface area contributed by atoms with Gasteiger partial charge >= 0.3 is 0 Å². The zero-order valence-corrected chi connectivity index (χ0v) is 10.1. The van der Waals surface area contributed by atoms with Crippen molar-refractivity contribution in [1.29, 1.82) is 0 Å². The van der Waals surface area contributed by atoms with Gasteiger partial charge in [0.1, 0.15) is 6.10 Å². The third-order valence-corrected chi connectivity index (χ3v) is 4.19. The third kappa shape index (κ3) is 2.18. The van der Waals surface area contributed by atoms with Crippen LogP contribution in [0.15, 0.2) is 18.2 Å². The molecule has 1 aromatic rings. The Kier molecular flexibility index (Phi) is 3.04. The summed E-state index contributed by atoms with van der Waals surface area (Å²) in [6.45, 7) is 0. The van der Waals surface area contributed by atoms with Crippen LogP contribution < -0.4 is 4.74 Å². The average molecular weight is 234 g/mol. The summed E-state index contributed by atoms with van der Waals surface area (Å²) < 4.78 is 19.6. The summed E-state index contributed by atoms with van der Waals surface area (Å²) in [5, 5.41) is 0. The zero-order valence-electron chi connectivity index (χ0n) is 10.1. The quantitative estimate of drug-likeness (QED) is 0.711. The lowest BCUT2D eigenvalue weighted by Crippen LogP contribution is -2.32. The Morgan fingerprint density at radius 2 is 1.88 bits per heavy atom. The van der Waals surface area contributed by atoms with Crippen molar-refractivity contribution in [3.05, 3.63) is 29.6 Å². The lowest BCUT2D eigenvalue weighted by molar-refractivity contribution is 0.0834. The Morgan fingerprint density at radius 3 is 2.71 bits per heavy atom. The van der Waals surface area contributed by atoms with Crippen LogP contribution in [0.3, 0.4) is 0 Å². The van der Waals surface area contributed by atoms with Crippen LogP contribution in [0.5, 0.6) is 5.75 Å². The molecule has 1 aliphatic carbocycles. The van der Waals surface area contributed by atoms with E-state index in [1.165, 1.54) is 38.2 Å². The number of para-hydroxylation sites is 1. The van der Waals surface area contributed by atoms with E-state index in [2.05, 4.69) is 0 Å². The van der Waals surface area contributed by atoms with Gasteiger partial charge in [-0.25, -0.2) is 4.39 Å². The largest absolute Gasteiger partial charge is 0.487 e. The molecule has 2 aliphatic rings. The van der Waals surface area contributed by atoms with Crippen molar-refractivity contribution in [2.24, 2.45) is 5.92 Å². The van der Waals surface area contributed by atoms with Crippen molar-refractivity contribution < 1.29 is 9.13 Å². The van der Waals surface area contributed by atoms with Gasteiger partial charge in [-0.1, -0.05) is 31.4 Å². The first-order chi connectivity index (χ1) is 8.34. The summed E-state index contributed by atoms with van der Waals surface area (Å²) in [6.07, 6.45) is 8.77. The van der Waals surface area contributed by atoms with Gasteiger partial charge < -0.3 is 4.74 Å². The van der Waals surface area contributed by atoms with E-state index in [0.29, 0.717) is 11.7 Å². The number of ether oxygens (including phenoxy) is 1. The zero-order chi connectivity index (χ0) is 11.7. The summed E-state index contributed by atoms with van der Waals surface area (Å²) in [5.74, 6) is 0.980. The molecule has 0 amide bonds. The molecule has 0 saturated heterocycles. The highest BCUT2D eigenvalue weighted by atomic mass is 19.1.